The maximum Gasteiger partial charge on any atom is 0.239 e. The lowest BCUT2D eigenvalue weighted by Crippen LogP contribution is -2.26. The van der Waals surface area contributed by atoms with E-state index in [4.69, 9.17) is 5.73 Å². The van der Waals surface area contributed by atoms with Crippen LogP contribution < -0.4 is 16.4 Å². The van der Waals surface area contributed by atoms with Crippen LogP contribution in [0.25, 0.3) is 0 Å². The lowest BCUT2D eigenvalue weighted by Gasteiger charge is -2.08. The molecule has 4 N–H and O–H groups in total. The number of nitrogens with two attached hydrogens (primary N) is 1. The van der Waals surface area contributed by atoms with Crippen LogP contribution in [0.5, 0.6) is 0 Å². The van der Waals surface area contributed by atoms with Crippen LogP contribution in [0.3, 0.4) is 0 Å². The van der Waals surface area contributed by atoms with Crippen molar-refractivity contribution < 1.29 is 13.6 Å². The predicted octanol–water partition coefficient (Wildman–Crippen LogP) is 0.705. The molecule has 0 bridgehead atoms. The number of nitrogens with one attached hydrogen (secondary N) is 2. The largest absolute Gasteiger partial charge is 0.399 e. The van der Waals surface area contributed by atoms with Gasteiger partial charge in [-0.1, -0.05) is 0 Å². The van der Waals surface area contributed by atoms with Gasteiger partial charge in [-0.15, -0.1) is 0 Å². The fourth-order valence-electron chi connectivity index (χ4n) is 1.02. The quantitative estimate of drug-likeness (QED) is 0.650. The summed E-state index contributed by atoms with van der Waals surface area (Å²) in [5.41, 5.74) is 4.87. The van der Waals surface area contributed by atoms with E-state index >= 15 is 0 Å². The van der Waals surface area contributed by atoms with E-state index in [2.05, 4.69) is 10.6 Å². The molecule has 0 radical (unpaired) electrons. The van der Waals surface area contributed by atoms with Gasteiger partial charge in [0.1, 0.15) is 5.69 Å². The predicted molar refractivity (Wildman–Crippen MR) is 53.3 cm³/mol. The van der Waals surface area contributed by atoms with Gasteiger partial charge < -0.3 is 16.4 Å². The Kier molecular flexibility index (Phi) is 3.43. The van der Waals surface area contributed by atoms with Gasteiger partial charge in [0.15, 0.2) is 11.6 Å². The van der Waals surface area contributed by atoms with Gasteiger partial charge in [-0.3, -0.25) is 4.79 Å². The highest BCUT2D eigenvalue weighted by molar-refractivity contribution is 5.80. The highest BCUT2D eigenvalue weighted by Gasteiger charge is 2.10. The van der Waals surface area contributed by atoms with Crippen LogP contribution in [0, 0.1) is 11.6 Å². The van der Waals surface area contributed by atoms with Crippen molar-refractivity contribution in [2.45, 2.75) is 0 Å². The Labute approximate surface area is 85.5 Å². The number of likely N-dealkylation sites (N-methyl/N-ethyl adjacent to an activating group) is 1. The van der Waals surface area contributed by atoms with Gasteiger partial charge in [-0.2, -0.15) is 0 Å². The maximum absolute atomic E-state index is 13.2. The third-order valence-electron chi connectivity index (χ3n) is 1.77. The van der Waals surface area contributed by atoms with Gasteiger partial charge in [0.2, 0.25) is 5.91 Å². The highest BCUT2D eigenvalue weighted by Crippen LogP contribution is 2.21. The number of halogens is 2. The fourth-order valence-corrected chi connectivity index (χ4v) is 1.02. The fraction of sp³-hybridized carbons (Fsp3) is 0.222. The van der Waals surface area contributed by atoms with Crippen LogP contribution in [0.4, 0.5) is 20.2 Å². The molecule has 0 aromatic heterocycles. The summed E-state index contributed by atoms with van der Waals surface area (Å²) < 4.78 is 26.3. The first-order valence-corrected chi connectivity index (χ1v) is 4.23. The van der Waals surface area contributed by atoms with Crippen molar-refractivity contribution in [3.63, 3.8) is 0 Å². The summed E-state index contributed by atoms with van der Waals surface area (Å²) >= 11 is 0. The molecule has 15 heavy (non-hydrogen) atoms. The number of amides is 1. The molecule has 0 heterocycles. The molecular formula is C9H11F2N3O. The van der Waals surface area contributed by atoms with E-state index in [1.165, 1.54) is 7.05 Å². The third kappa shape index (κ3) is 2.80. The molecule has 1 aromatic rings. The zero-order valence-electron chi connectivity index (χ0n) is 8.10. The first kappa shape index (κ1) is 11.2. The Balaban J connectivity index is 2.81. The van der Waals surface area contributed by atoms with E-state index in [-0.39, 0.29) is 23.8 Å². The number of benzene rings is 1. The average Bonchev–Trinajstić information content (AvgIpc) is 2.15. The molecule has 0 saturated carbocycles. The molecule has 0 saturated heterocycles. The Bertz CT molecular complexity index is 359. The summed E-state index contributed by atoms with van der Waals surface area (Å²) in [5, 5.41) is 4.66. The number of carbonyl (C=O) groups is 1. The average molecular weight is 215 g/mol. The first-order valence-electron chi connectivity index (χ1n) is 4.23. The minimum Gasteiger partial charge on any atom is -0.399 e. The van der Waals surface area contributed by atoms with Crippen LogP contribution in [0.1, 0.15) is 0 Å². The van der Waals surface area contributed by atoms with E-state index in [1.807, 2.05) is 0 Å². The second kappa shape index (κ2) is 4.59. The van der Waals surface area contributed by atoms with Crippen LogP contribution in [0.2, 0.25) is 0 Å². The number of carbonyl (C=O) groups excluding carboxylic acids is 1. The van der Waals surface area contributed by atoms with Crippen molar-refractivity contribution in [1.82, 2.24) is 5.32 Å². The standard InChI is InChI=1S/C9H11F2N3O/c1-13-8(15)4-14-9-6(10)2-5(12)3-7(9)11/h2-3,14H,4,12H2,1H3,(H,13,15). The molecule has 0 aliphatic rings. The van der Waals surface area contributed by atoms with E-state index in [9.17, 15) is 13.6 Å². The summed E-state index contributed by atoms with van der Waals surface area (Å²) in [6.07, 6.45) is 0. The normalized spacial score (nSPS) is 9.80. The molecule has 0 unspecified atom stereocenters. The molecule has 0 fully saturated rings. The Morgan fingerprint density at radius 2 is 1.93 bits per heavy atom. The SMILES string of the molecule is CNC(=O)CNc1c(F)cc(N)cc1F. The monoisotopic (exact) mass is 215 g/mol. The van der Waals surface area contributed by atoms with Gasteiger partial charge >= 0.3 is 0 Å². The molecule has 6 heteroatoms. The molecule has 0 aliphatic heterocycles. The number of hydrogen-bond donors (Lipinski definition) is 3. The van der Waals surface area contributed by atoms with Crippen LogP contribution >= 0.6 is 0 Å². The summed E-state index contributed by atoms with van der Waals surface area (Å²) in [6.45, 7) is -0.200. The summed E-state index contributed by atoms with van der Waals surface area (Å²) in [5.74, 6) is -2.02. The minimum atomic E-state index is -0.823. The van der Waals surface area contributed by atoms with Gasteiger partial charge in [0.05, 0.1) is 6.54 Å². The lowest BCUT2D eigenvalue weighted by molar-refractivity contribution is -0.118. The van der Waals surface area contributed by atoms with Crippen molar-refractivity contribution in [3.8, 4) is 0 Å². The van der Waals surface area contributed by atoms with Crippen LogP contribution in [0.15, 0.2) is 12.1 Å². The zero-order valence-corrected chi connectivity index (χ0v) is 8.10. The van der Waals surface area contributed by atoms with Gasteiger partial charge in [-0.25, -0.2) is 8.78 Å². The lowest BCUT2D eigenvalue weighted by atomic mass is 10.2. The number of rotatable bonds is 3. The maximum atomic E-state index is 13.2. The van der Waals surface area contributed by atoms with Gasteiger partial charge in [0, 0.05) is 12.7 Å². The van der Waals surface area contributed by atoms with Crippen LogP contribution in [-0.4, -0.2) is 19.5 Å². The van der Waals surface area contributed by atoms with Crippen molar-refractivity contribution in [1.29, 1.82) is 0 Å². The Morgan fingerprint density at radius 3 is 2.40 bits per heavy atom. The summed E-state index contributed by atoms with van der Waals surface area (Å²) in [4.78, 5) is 10.8. The molecule has 4 nitrogen and oxygen atoms in total. The van der Waals surface area contributed by atoms with E-state index in [0.29, 0.717) is 0 Å². The molecule has 0 spiro atoms. The molecule has 1 rings (SSSR count). The van der Waals surface area contributed by atoms with Crippen LogP contribution in [-0.2, 0) is 4.79 Å². The second-order valence-corrected chi connectivity index (χ2v) is 2.89. The zero-order chi connectivity index (χ0) is 11.4. The van der Waals surface area contributed by atoms with Gasteiger partial charge in [-0.05, 0) is 12.1 Å². The molecule has 82 valence electrons. The van der Waals surface area contributed by atoms with Crippen molar-refractivity contribution >= 4 is 17.3 Å². The number of hydrogen-bond acceptors (Lipinski definition) is 3. The number of nitrogen functional groups attached to an aromatic ring is 1. The van der Waals surface area contributed by atoms with Crippen molar-refractivity contribution in [2.75, 3.05) is 24.6 Å². The number of anilines is 2. The van der Waals surface area contributed by atoms with E-state index in [0.717, 1.165) is 12.1 Å². The van der Waals surface area contributed by atoms with E-state index in [1.54, 1.807) is 0 Å². The Morgan fingerprint density at radius 1 is 1.40 bits per heavy atom. The first-order chi connectivity index (χ1) is 7.04. The molecule has 0 aliphatic carbocycles. The minimum absolute atomic E-state index is 0.00417. The topological polar surface area (TPSA) is 67.2 Å². The summed E-state index contributed by atoms with van der Waals surface area (Å²) in [7, 11) is 1.43. The second-order valence-electron chi connectivity index (χ2n) is 2.89. The van der Waals surface area contributed by atoms with Gasteiger partial charge in [0.25, 0.3) is 0 Å². The molecule has 1 amide bonds. The molecule has 1 aromatic carbocycles. The third-order valence-corrected chi connectivity index (χ3v) is 1.77. The van der Waals surface area contributed by atoms with E-state index < -0.39 is 11.6 Å². The van der Waals surface area contributed by atoms with Crippen molar-refractivity contribution in [3.05, 3.63) is 23.8 Å². The molecule has 0 atom stereocenters. The summed E-state index contributed by atoms with van der Waals surface area (Å²) in [6, 6.07) is 1.96. The highest BCUT2D eigenvalue weighted by atomic mass is 19.1. The smallest absolute Gasteiger partial charge is 0.239 e. The van der Waals surface area contributed by atoms with Crippen molar-refractivity contribution in [2.24, 2.45) is 0 Å². The molecular weight excluding hydrogens is 204 g/mol. The Hall–Kier alpha value is -1.85.